The monoisotopic (exact) mass is 254 g/mol. The minimum absolute atomic E-state index is 0.534. The van der Waals surface area contributed by atoms with Crippen molar-refractivity contribution in [3.05, 3.63) is 15.6 Å². The van der Waals surface area contributed by atoms with Crippen molar-refractivity contribution in [2.75, 3.05) is 13.2 Å². The summed E-state index contributed by atoms with van der Waals surface area (Å²) in [6.07, 6.45) is 4.84. The Morgan fingerprint density at radius 1 is 1.47 bits per heavy atom. The first kappa shape index (κ1) is 13.0. The van der Waals surface area contributed by atoms with Crippen LogP contribution in [-0.2, 0) is 17.8 Å². The van der Waals surface area contributed by atoms with Crippen LogP contribution in [0.1, 0.15) is 54.7 Å². The first-order valence-electron chi connectivity index (χ1n) is 6.64. The van der Waals surface area contributed by atoms with E-state index in [9.17, 15) is 0 Å². The lowest BCUT2D eigenvalue weighted by Gasteiger charge is -2.22. The molecule has 0 saturated carbocycles. The molecule has 1 unspecified atom stereocenters. The molecule has 96 valence electrons. The van der Waals surface area contributed by atoms with Gasteiger partial charge in [0, 0.05) is 17.5 Å². The van der Waals surface area contributed by atoms with Gasteiger partial charge in [0.25, 0.3) is 0 Å². The number of hydrogen-bond acceptors (Lipinski definition) is 4. The fraction of sp³-hybridized carbons (Fsp3) is 0.769. The molecule has 1 aromatic rings. The van der Waals surface area contributed by atoms with Gasteiger partial charge in [-0.15, -0.1) is 11.3 Å². The van der Waals surface area contributed by atoms with Crippen LogP contribution in [0.25, 0.3) is 0 Å². The van der Waals surface area contributed by atoms with Crippen LogP contribution in [-0.4, -0.2) is 18.1 Å². The van der Waals surface area contributed by atoms with Crippen LogP contribution in [0.5, 0.6) is 0 Å². The minimum Gasteiger partial charge on any atom is -0.375 e. The molecule has 0 fully saturated rings. The summed E-state index contributed by atoms with van der Waals surface area (Å²) in [6.45, 7) is 6.78. The van der Waals surface area contributed by atoms with Crippen molar-refractivity contribution in [3.63, 3.8) is 0 Å². The topological polar surface area (TPSA) is 34.2 Å². The predicted molar refractivity (Wildman–Crippen MR) is 71.4 cm³/mol. The summed E-state index contributed by atoms with van der Waals surface area (Å²) in [5.74, 6) is 0. The minimum atomic E-state index is 0.534. The van der Waals surface area contributed by atoms with Crippen LogP contribution in [0, 0.1) is 0 Å². The van der Waals surface area contributed by atoms with Crippen molar-refractivity contribution in [2.45, 2.75) is 52.2 Å². The zero-order chi connectivity index (χ0) is 12.1. The molecule has 17 heavy (non-hydrogen) atoms. The molecule has 0 bridgehead atoms. The van der Waals surface area contributed by atoms with E-state index in [0.29, 0.717) is 12.6 Å². The molecule has 1 aliphatic rings. The van der Waals surface area contributed by atoms with Gasteiger partial charge in [0.15, 0.2) is 0 Å². The van der Waals surface area contributed by atoms with E-state index >= 15 is 0 Å². The molecule has 0 saturated heterocycles. The highest BCUT2D eigenvalue weighted by Crippen LogP contribution is 2.34. The van der Waals surface area contributed by atoms with E-state index in [4.69, 9.17) is 9.72 Å². The Balaban J connectivity index is 2.05. The van der Waals surface area contributed by atoms with Gasteiger partial charge in [0.1, 0.15) is 5.01 Å². The Bertz CT molecular complexity index is 351. The highest BCUT2D eigenvalue weighted by Gasteiger charge is 2.23. The fourth-order valence-corrected chi connectivity index (χ4v) is 3.40. The zero-order valence-corrected chi connectivity index (χ0v) is 11.6. The van der Waals surface area contributed by atoms with Crippen LogP contribution in [0.4, 0.5) is 0 Å². The van der Waals surface area contributed by atoms with Crippen molar-refractivity contribution in [2.24, 2.45) is 0 Å². The molecule has 2 rings (SSSR count). The van der Waals surface area contributed by atoms with E-state index in [1.807, 2.05) is 18.3 Å². The van der Waals surface area contributed by atoms with E-state index in [1.54, 1.807) is 0 Å². The summed E-state index contributed by atoms with van der Waals surface area (Å²) in [5, 5.41) is 4.77. The second kappa shape index (κ2) is 6.47. The van der Waals surface area contributed by atoms with Crippen LogP contribution >= 0.6 is 11.3 Å². The molecule has 0 amide bonds. The van der Waals surface area contributed by atoms with E-state index in [2.05, 4.69) is 12.2 Å². The van der Waals surface area contributed by atoms with Crippen molar-refractivity contribution in [1.29, 1.82) is 0 Å². The van der Waals surface area contributed by atoms with Gasteiger partial charge in [-0.3, -0.25) is 0 Å². The summed E-state index contributed by atoms with van der Waals surface area (Å²) >= 11 is 1.84. The quantitative estimate of drug-likeness (QED) is 0.847. The number of aromatic nitrogens is 1. The van der Waals surface area contributed by atoms with Crippen LogP contribution in [0.2, 0.25) is 0 Å². The average Bonchev–Trinajstić information content (AvgIpc) is 2.77. The maximum absolute atomic E-state index is 5.44. The Labute approximate surface area is 108 Å². The normalized spacial score (nSPS) is 19.3. The maximum Gasteiger partial charge on any atom is 0.119 e. The van der Waals surface area contributed by atoms with Crippen LogP contribution in [0.3, 0.4) is 0 Å². The van der Waals surface area contributed by atoms with Gasteiger partial charge in [0.05, 0.1) is 12.3 Å². The lowest BCUT2D eigenvalue weighted by molar-refractivity contribution is 0.133. The number of thiazole rings is 1. The van der Waals surface area contributed by atoms with Crippen molar-refractivity contribution in [1.82, 2.24) is 10.3 Å². The maximum atomic E-state index is 5.44. The third-order valence-electron chi connectivity index (χ3n) is 3.07. The molecule has 1 aliphatic carbocycles. The highest BCUT2D eigenvalue weighted by molar-refractivity contribution is 7.11. The molecule has 3 nitrogen and oxygen atoms in total. The van der Waals surface area contributed by atoms with Crippen molar-refractivity contribution < 1.29 is 4.74 Å². The summed E-state index contributed by atoms with van der Waals surface area (Å²) in [7, 11) is 0. The van der Waals surface area contributed by atoms with Gasteiger partial charge in [-0.05, 0) is 39.2 Å². The number of aryl methyl sites for hydroxylation is 1. The van der Waals surface area contributed by atoms with Crippen molar-refractivity contribution >= 4 is 11.3 Å². The molecule has 0 radical (unpaired) electrons. The number of fused-ring (bicyclic) bond motifs is 1. The molecule has 0 spiro atoms. The van der Waals surface area contributed by atoms with E-state index in [0.717, 1.165) is 24.6 Å². The van der Waals surface area contributed by atoms with Crippen molar-refractivity contribution in [3.8, 4) is 0 Å². The average molecular weight is 254 g/mol. The van der Waals surface area contributed by atoms with Crippen LogP contribution in [0.15, 0.2) is 0 Å². The van der Waals surface area contributed by atoms with Gasteiger partial charge < -0.3 is 10.1 Å². The summed E-state index contributed by atoms with van der Waals surface area (Å²) < 4.78 is 5.44. The second-order valence-electron chi connectivity index (χ2n) is 4.45. The number of rotatable bonds is 6. The fourth-order valence-electron chi connectivity index (χ4n) is 2.23. The molecule has 1 heterocycles. The Hall–Kier alpha value is -0.450. The smallest absolute Gasteiger partial charge is 0.119 e. The first-order chi connectivity index (χ1) is 8.35. The lowest BCUT2D eigenvalue weighted by Crippen LogP contribution is -2.24. The Kier molecular flexibility index (Phi) is 4.95. The zero-order valence-electron chi connectivity index (χ0n) is 10.8. The standard InChI is InChI=1S/C13H22N2OS/c1-3-8-14-10-6-5-7-11-13(10)17-12(15-11)9-16-4-2/h10,14H,3-9H2,1-2H3. The Morgan fingerprint density at radius 3 is 3.12 bits per heavy atom. The summed E-state index contributed by atoms with van der Waals surface area (Å²) in [5.41, 5.74) is 1.31. The number of nitrogens with one attached hydrogen (secondary N) is 1. The molecule has 0 aliphatic heterocycles. The lowest BCUT2D eigenvalue weighted by atomic mass is 9.98. The van der Waals surface area contributed by atoms with Crippen LogP contribution < -0.4 is 5.32 Å². The second-order valence-corrected chi connectivity index (χ2v) is 5.57. The third kappa shape index (κ3) is 3.27. The predicted octanol–water partition coefficient (Wildman–Crippen LogP) is 3.06. The molecule has 1 atom stereocenters. The highest BCUT2D eigenvalue weighted by atomic mass is 32.1. The van der Waals surface area contributed by atoms with Gasteiger partial charge in [-0.1, -0.05) is 6.92 Å². The SMILES string of the molecule is CCCNC1CCCc2nc(COCC)sc21. The number of hydrogen-bond donors (Lipinski definition) is 1. The van der Waals surface area contributed by atoms with Gasteiger partial charge >= 0.3 is 0 Å². The summed E-state index contributed by atoms with van der Waals surface area (Å²) in [4.78, 5) is 6.16. The third-order valence-corrected chi connectivity index (χ3v) is 4.25. The molecule has 0 aromatic carbocycles. The van der Waals surface area contributed by atoms with Gasteiger partial charge in [-0.2, -0.15) is 0 Å². The van der Waals surface area contributed by atoms with E-state index in [1.165, 1.54) is 29.8 Å². The number of nitrogens with zero attached hydrogens (tertiary/aromatic N) is 1. The molecule has 1 N–H and O–H groups in total. The first-order valence-corrected chi connectivity index (χ1v) is 7.46. The molecule has 1 aromatic heterocycles. The largest absolute Gasteiger partial charge is 0.375 e. The van der Waals surface area contributed by atoms with E-state index in [-0.39, 0.29) is 0 Å². The van der Waals surface area contributed by atoms with Gasteiger partial charge in [-0.25, -0.2) is 4.98 Å². The summed E-state index contributed by atoms with van der Waals surface area (Å²) in [6, 6.07) is 0.534. The Morgan fingerprint density at radius 2 is 2.35 bits per heavy atom. The van der Waals surface area contributed by atoms with Gasteiger partial charge in [0.2, 0.25) is 0 Å². The molecule has 4 heteroatoms. The van der Waals surface area contributed by atoms with E-state index < -0.39 is 0 Å². The number of ether oxygens (including phenoxy) is 1. The molecular weight excluding hydrogens is 232 g/mol. The molecular formula is C13H22N2OS.